The minimum absolute atomic E-state index is 0. The van der Waals surface area contributed by atoms with Crippen molar-refractivity contribution in [3.05, 3.63) is 109 Å². The number of rotatable bonds is 3. The number of furan rings is 2. The monoisotopic (exact) mass is 944 g/mol. The summed E-state index contributed by atoms with van der Waals surface area (Å²) in [5.74, 6) is 4.71. The SMILES string of the molecule is F[PH+](F)CC[PH+](F)F.[Au+].[Au+].[C-]#Cc1ccc2c(c1)oc1ccccc12.[C-]#Cc1ccc2c(c1)oc1ccccc12. The van der Waals surface area contributed by atoms with E-state index in [0.717, 1.165) is 55.0 Å². The van der Waals surface area contributed by atoms with E-state index in [1.54, 1.807) is 0 Å². The van der Waals surface area contributed by atoms with Gasteiger partial charge in [-0.1, -0.05) is 60.7 Å². The molecule has 0 atom stereocenters. The molecule has 210 valence electrons. The summed E-state index contributed by atoms with van der Waals surface area (Å²) in [4.78, 5) is 0. The van der Waals surface area contributed by atoms with Crippen LogP contribution in [0.15, 0.2) is 93.8 Å². The molecule has 0 aliphatic heterocycles. The molecule has 0 N–H and O–H groups in total. The molecule has 0 spiro atoms. The zero-order chi connectivity index (χ0) is 27.1. The Morgan fingerprint density at radius 1 is 0.525 bits per heavy atom. The maximum atomic E-state index is 11.2. The third-order valence-electron chi connectivity index (χ3n) is 5.55. The topological polar surface area (TPSA) is 26.3 Å². The van der Waals surface area contributed by atoms with Crippen molar-refractivity contribution in [3.8, 4) is 11.8 Å². The molecule has 6 aromatic rings. The molecular weight excluding hydrogens is 924 g/mol. The zero-order valence-electron chi connectivity index (χ0n) is 20.4. The van der Waals surface area contributed by atoms with E-state index in [1.807, 2.05) is 84.9 Å². The summed E-state index contributed by atoms with van der Waals surface area (Å²) in [6.45, 7) is 0. The molecule has 4 aromatic carbocycles. The predicted molar refractivity (Wildman–Crippen MR) is 151 cm³/mol. The first-order valence-corrected chi connectivity index (χ1v) is 14.3. The molecule has 0 saturated heterocycles. The normalized spacial score (nSPS) is 10.2. The van der Waals surface area contributed by atoms with Crippen molar-refractivity contribution in [2.24, 2.45) is 0 Å². The van der Waals surface area contributed by atoms with Crippen LogP contribution in [-0.4, -0.2) is 12.3 Å². The summed E-state index contributed by atoms with van der Waals surface area (Å²) in [5.41, 5.74) is 4.87. The van der Waals surface area contributed by atoms with Crippen molar-refractivity contribution in [2.45, 2.75) is 0 Å². The van der Waals surface area contributed by atoms with Crippen molar-refractivity contribution in [1.82, 2.24) is 0 Å². The quantitative estimate of drug-likeness (QED) is 0.0581. The van der Waals surface area contributed by atoms with Gasteiger partial charge in [0.15, 0.2) is 12.3 Å². The fourth-order valence-electron chi connectivity index (χ4n) is 3.80. The maximum absolute atomic E-state index is 11.2. The molecule has 6 rings (SSSR count). The van der Waals surface area contributed by atoms with Crippen molar-refractivity contribution >= 4 is 61.0 Å². The standard InChI is InChI=1S/2C14H7O.C2H4F4P2.2Au/c2*1-2-10-7-8-12-11-5-3-4-6-13(11)15-14(12)9-10;3-7(4)1-2-8(5)6;;/h2*3-9H;1-2H2;;/q2*-1;;2*+1/p+2. The Kier molecular flexibility index (Phi) is 13.7. The Hall–Kier alpha value is -2.34. The van der Waals surface area contributed by atoms with Crippen LogP contribution in [0.3, 0.4) is 0 Å². The van der Waals surface area contributed by atoms with Gasteiger partial charge >= 0.3 is 61.8 Å². The van der Waals surface area contributed by atoms with E-state index in [2.05, 4.69) is 11.8 Å². The molecule has 2 aromatic heterocycles. The van der Waals surface area contributed by atoms with Crippen molar-refractivity contribution in [3.63, 3.8) is 0 Å². The number of para-hydroxylation sites is 2. The van der Waals surface area contributed by atoms with E-state index >= 15 is 0 Å². The van der Waals surface area contributed by atoms with Gasteiger partial charge in [-0.2, -0.15) is 0 Å². The van der Waals surface area contributed by atoms with Crippen LogP contribution in [0.4, 0.5) is 16.8 Å². The van der Waals surface area contributed by atoms with Gasteiger partial charge in [0, 0.05) is 21.5 Å². The summed E-state index contributed by atoms with van der Waals surface area (Å²) in [5, 5.41) is 4.40. The Bertz CT molecular complexity index is 1650. The van der Waals surface area contributed by atoms with Crippen molar-refractivity contribution in [2.75, 3.05) is 12.3 Å². The summed E-state index contributed by atoms with van der Waals surface area (Å²) in [7, 11) is -6.77. The average Bonchev–Trinajstić information content (AvgIpc) is 3.49. The summed E-state index contributed by atoms with van der Waals surface area (Å²) in [6.07, 6.45) is 13.0. The van der Waals surface area contributed by atoms with E-state index in [4.69, 9.17) is 21.7 Å². The molecule has 10 heteroatoms. The zero-order valence-corrected chi connectivity index (χ0v) is 26.8. The van der Waals surface area contributed by atoms with E-state index in [1.165, 1.54) is 0 Å². The van der Waals surface area contributed by atoms with Crippen LogP contribution in [0, 0.1) is 24.7 Å². The van der Waals surface area contributed by atoms with Gasteiger partial charge in [-0.15, -0.1) is 23.3 Å². The molecule has 0 amide bonds. The van der Waals surface area contributed by atoms with Crippen LogP contribution in [0.2, 0.25) is 0 Å². The van der Waals surface area contributed by atoms with Crippen LogP contribution in [-0.2, 0) is 44.8 Å². The van der Waals surface area contributed by atoms with Crippen LogP contribution in [0.5, 0.6) is 0 Å². The molecule has 0 saturated carbocycles. The van der Waals surface area contributed by atoms with E-state index in [-0.39, 0.29) is 44.8 Å². The molecule has 0 bridgehead atoms. The summed E-state index contributed by atoms with van der Waals surface area (Å²) in [6, 6.07) is 27.2. The first-order chi connectivity index (χ1) is 18.4. The van der Waals surface area contributed by atoms with E-state index < -0.39 is 29.4 Å². The molecule has 2 nitrogen and oxygen atoms in total. The number of fused-ring (bicyclic) bond motifs is 6. The van der Waals surface area contributed by atoms with Gasteiger partial charge in [0.25, 0.3) is 0 Å². The number of hydrogen-bond donors (Lipinski definition) is 0. The Balaban J connectivity index is 0.000000216. The maximum Gasteiger partial charge on any atom is 1.00 e. The second kappa shape index (κ2) is 16.2. The summed E-state index contributed by atoms with van der Waals surface area (Å²) >= 11 is 0. The Morgan fingerprint density at radius 2 is 0.875 bits per heavy atom. The third kappa shape index (κ3) is 8.58. The van der Waals surface area contributed by atoms with Crippen molar-refractivity contribution in [1.29, 1.82) is 0 Å². The fraction of sp³-hybridized carbons (Fsp3) is 0.0667. The van der Waals surface area contributed by atoms with Gasteiger partial charge in [-0.05, 0) is 28.9 Å². The largest absolute Gasteiger partial charge is 1.00 e. The predicted octanol–water partition coefficient (Wildman–Crippen LogP) is 10.00. The van der Waals surface area contributed by atoms with Gasteiger partial charge in [-0.25, -0.2) is 0 Å². The average molecular weight is 944 g/mol. The fourth-order valence-corrected chi connectivity index (χ4v) is 5.31. The molecule has 2 heterocycles. The van der Waals surface area contributed by atoms with E-state index in [0.29, 0.717) is 0 Å². The number of hydrogen-bond acceptors (Lipinski definition) is 2. The second-order valence-corrected chi connectivity index (χ2v) is 10.4. The van der Waals surface area contributed by atoms with Crippen LogP contribution in [0.25, 0.3) is 43.9 Å². The molecular formula is C30H20Au2F4O2P2+2. The van der Waals surface area contributed by atoms with Gasteiger partial charge in [-0.3, -0.25) is 11.8 Å². The minimum Gasteiger partial charge on any atom is -0.458 e. The van der Waals surface area contributed by atoms with Crippen LogP contribution >= 0.6 is 17.1 Å². The smallest absolute Gasteiger partial charge is 0.458 e. The van der Waals surface area contributed by atoms with Gasteiger partial charge in [0.1, 0.15) is 22.3 Å². The summed E-state index contributed by atoms with van der Waals surface area (Å²) < 4.78 is 56.1. The van der Waals surface area contributed by atoms with E-state index in [9.17, 15) is 16.8 Å². The molecule has 40 heavy (non-hydrogen) atoms. The molecule has 0 unspecified atom stereocenters. The van der Waals surface area contributed by atoms with Gasteiger partial charge < -0.3 is 21.7 Å². The Labute approximate surface area is 262 Å². The van der Waals surface area contributed by atoms with Crippen LogP contribution in [0.1, 0.15) is 11.1 Å². The third-order valence-corrected chi connectivity index (χ3v) is 7.31. The number of halogens is 4. The minimum atomic E-state index is -3.38. The first kappa shape index (κ1) is 33.9. The second-order valence-electron chi connectivity index (χ2n) is 8.05. The van der Waals surface area contributed by atoms with Gasteiger partial charge in [0.2, 0.25) is 0 Å². The molecule has 0 aliphatic rings. The van der Waals surface area contributed by atoms with Crippen molar-refractivity contribution < 1.29 is 70.4 Å². The molecule has 0 aliphatic carbocycles. The van der Waals surface area contributed by atoms with Gasteiger partial charge in [0.05, 0.1) is 0 Å². The molecule has 0 radical (unpaired) electrons. The number of benzene rings is 4. The first-order valence-electron chi connectivity index (χ1n) is 11.4. The Morgan fingerprint density at radius 3 is 1.23 bits per heavy atom. The van der Waals surface area contributed by atoms with Crippen LogP contribution < -0.4 is 0 Å². The molecule has 0 fully saturated rings.